The SMILES string of the molecule is CC1(C(=O)N2CCCC2C2CCNCC2)CCCO1. The quantitative estimate of drug-likeness (QED) is 0.824. The maximum Gasteiger partial charge on any atom is 0.254 e. The molecule has 4 heteroatoms. The molecule has 2 atom stereocenters. The van der Waals surface area contributed by atoms with Gasteiger partial charge in [0.2, 0.25) is 0 Å². The number of piperidine rings is 1. The lowest BCUT2D eigenvalue weighted by Crippen LogP contribution is -2.51. The normalized spacial score (nSPS) is 36.9. The molecule has 0 spiro atoms. The van der Waals surface area contributed by atoms with Gasteiger partial charge in [-0.05, 0) is 64.5 Å². The first-order chi connectivity index (χ1) is 9.21. The summed E-state index contributed by atoms with van der Waals surface area (Å²) in [7, 11) is 0. The molecule has 3 saturated heterocycles. The fourth-order valence-electron chi connectivity index (χ4n) is 4.02. The Morgan fingerprint density at radius 3 is 2.74 bits per heavy atom. The highest BCUT2D eigenvalue weighted by molar-refractivity contribution is 5.85. The van der Waals surface area contributed by atoms with Gasteiger partial charge in [-0.2, -0.15) is 0 Å². The van der Waals surface area contributed by atoms with E-state index in [2.05, 4.69) is 10.2 Å². The number of hydrogen-bond donors (Lipinski definition) is 1. The van der Waals surface area contributed by atoms with E-state index in [4.69, 9.17) is 4.74 Å². The second-order valence-corrected chi connectivity index (χ2v) is 6.48. The molecule has 0 aromatic carbocycles. The summed E-state index contributed by atoms with van der Waals surface area (Å²) in [5.74, 6) is 0.948. The summed E-state index contributed by atoms with van der Waals surface area (Å²) in [5, 5.41) is 3.42. The Morgan fingerprint density at radius 1 is 1.26 bits per heavy atom. The van der Waals surface area contributed by atoms with Crippen molar-refractivity contribution in [2.24, 2.45) is 5.92 Å². The molecule has 3 heterocycles. The van der Waals surface area contributed by atoms with Crippen molar-refractivity contribution >= 4 is 5.91 Å². The highest BCUT2D eigenvalue weighted by Crippen LogP contribution is 2.34. The summed E-state index contributed by atoms with van der Waals surface area (Å²) in [6, 6.07) is 0.468. The number of hydrogen-bond acceptors (Lipinski definition) is 3. The van der Waals surface area contributed by atoms with Gasteiger partial charge in [0.25, 0.3) is 5.91 Å². The van der Waals surface area contributed by atoms with Crippen molar-refractivity contribution in [3.8, 4) is 0 Å². The zero-order chi connectivity index (χ0) is 13.3. The zero-order valence-electron chi connectivity index (χ0n) is 12.0. The third-order valence-electron chi connectivity index (χ3n) is 5.16. The molecule has 0 aromatic heterocycles. The Balaban J connectivity index is 1.70. The van der Waals surface area contributed by atoms with Crippen LogP contribution in [0.4, 0.5) is 0 Å². The number of carbonyl (C=O) groups is 1. The predicted molar refractivity (Wildman–Crippen MR) is 73.9 cm³/mol. The van der Waals surface area contributed by atoms with E-state index in [1.807, 2.05) is 6.92 Å². The molecule has 0 saturated carbocycles. The van der Waals surface area contributed by atoms with Crippen molar-refractivity contribution in [3.05, 3.63) is 0 Å². The molecule has 3 aliphatic heterocycles. The average molecular weight is 266 g/mol. The fourth-order valence-corrected chi connectivity index (χ4v) is 4.02. The minimum atomic E-state index is -0.532. The van der Waals surface area contributed by atoms with Crippen molar-refractivity contribution < 1.29 is 9.53 Å². The Morgan fingerprint density at radius 2 is 2.05 bits per heavy atom. The number of ether oxygens (including phenoxy) is 1. The molecule has 0 aromatic rings. The second kappa shape index (κ2) is 5.41. The van der Waals surface area contributed by atoms with Gasteiger partial charge in [-0.3, -0.25) is 4.79 Å². The number of nitrogens with one attached hydrogen (secondary N) is 1. The highest BCUT2D eigenvalue weighted by atomic mass is 16.5. The van der Waals surface area contributed by atoms with Crippen molar-refractivity contribution in [3.63, 3.8) is 0 Å². The minimum Gasteiger partial charge on any atom is -0.365 e. The number of carbonyl (C=O) groups excluding carboxylic acids is 1. The largest absolute Gasteiger partial charge is 0.365 e. The van der Waals surface area contributed by atoms with Gasteiger partial charge in [-0.25, -0.2) is 0 Å². The lowest BCUT2D eigenvalue weighted by atomic mass is 9.88. The zero-order valence-corrected chi connectivity index (χ0v) is 12.0. The standard InChI is InChI=1S/C15H26N2O2/c1-15(7-3-11-19-15)14(18)17-10-2-4-13(17)12-5-8-16-9-6-12/h12-13,16H,2-11H2,1H3. The Kier molecular flexibility index (Phi) is 3.81. The lowest BCUT2D eigenvalue weighted by molar-refractivity contribution is -0.153. The molecule has 2 unspecified atom stereocenters. The van der Waals surface area contributed by atoms with Gasteiger partial charge in [0.05, 0.1) is 0 Å². The molecule has 1 amide bonds. The molecule has 108 valence electrons. The summed E-state index contributed by atoms with van der Waals surface area (Å²) >= 11 is 0. The maximum atomic E-state index is 12.8. The van der Waals surface area contributed by atoms with E-state index >= 15 is 0 Å². The van der Waals surface area contributed by atoms with E-state index in [0.29, 0.717) is 12.0 Å². The van der Waals surface area contributed by atoms with Crippen LogP contribution in [0.1, 0.15) is 45.4 Å². The predicted octanol–water partition coefficient (Wildman–Crippen LogP) is 1.55. The van der Waals surface area contributed by atoms with Gasteiger partial charge in [0.15, 0.2) is 0 Å². The smallest absolute Gasteiger partial charge is 0.254 e. The minimum absolute atomic E-state index is 0.256. The van der Waals surface area contributed by atoms with Crippen molar-refractivity contribution in [1.29, 1.82) is 0 Å². The van der Waals surface area contributed by atoms with Crippen LogP contribution in [0.25, 0.3) is 0 Å². The van der Waals surface area contributed by atoms with Crippen LogP contribution in [0.15, 0.2) is 0 Å². The van der Waals surface area contributed by atoms with E-state index < -0.39 is 5.60 Å². The van der Waals surface area contributed by atoms with Gasteiger partial charge in [-0.15, -0.1) is 0 Å². The van der Waals surface area contributed by atoms with Crippen LogP contribution in [0.3, 0.4) is 0 Å². The van der Waals surface area contributed by atoms with Gasteiger partial charge < -0.3 is 15.0 Å². The molecule has 0 radical (unpaired) electrons. The molecule has 3 rings (SSSR count). The average Bonchev–Trinajstić information content (AvgIpc) is 3.08. The van der Waals surface area contributed by atoms with Crippen LogP contribution in [0.5, 0.6) is 0 Å². The molecule has 0 aliphatic carbocycles. The number of rotatable bonds is 2. The van der Waals surface area contributed by atoms with Gasteiger partial charge in [0, 0.05) is 19.2 Å². The first-order valence-electron chi connectivity index (χ1n) is 7.86. The third kappa shape index (κ3) is 2.52. The fraction of sp³-hybridized carbons (Fsp3) is 0.933. The van der Waals surface area contributed by atoms with Crippen molar-refractivity contribution in [2.45, 2.75) is 57.1 Å². The molecule has 4 nitrogen and oxygen atoms in total. The van der Waals surface area contributed by atoms with Gasteiger partial charge >= 0.3 is 0 Å². The van der Waals surface area contributed by atoms with Gasteiger partial charge in [-0.1, -0.05) is 0 Å². The second-order valence-electron chi connectivity index (χ2n) is 6.48. The summed E-state index contributed by atoms with van der Waals surface area (Å²) < 4.78 is 5.75. The summed E-state index contributed by atoms with van der Waals surface area (Å²) in [6.07, 6.45) is 6.69. The number of nitrogens with zero attached hydrogens (tertiary/aromatic N) is 1. The Labute approximate surface area is 115 Å². The molecule has 0 bridgehead atoms. The summed E-state index contributed by atoms with van der Waals surface area (Å²) in [5.41, 5.74) is -0.532. The maximum absolute atomic E-state index is 12.8. The van der Waals surface area contributed by atoms with E-state index in [-0.39, 0.29) is 5.91 Å². The monoisotopic (exact) mass is 266 g/mol. The van der Waals surface area contributed by atoms with E-state index in [1.165, 1.54) is 19.3 Å². The van der Waals surface area contributed by atoms with Crippen molar-refractivity contribution in [1.82, 2.24) is 10.2 Å². The van der Waals surface area contributed by atoms with Crippen LogP contribution in [-0.4, -0.2) is 48.7 Å². The van der Waals surface area contributed by atoms with Crippen LogP contribution < -0.4 is 5.32 Å². The molecule has 3 fully saturated rings. The first-order valence-corrected chi connectivity index (χ1v) is 7.86. The topological polar surface area (TPSA) is 41.6 Å². The molecule has 1 N–H and O–H groups in total. The van der Waals surface area contributed by atoms with E-state index in [0.717, 1.165) is 45.5 Å². The van der Waals surface area contributed by atoms with Crippen molar-refractivity contribution in [2.75, 3.05) is 26.2 Å². The first kappa shape index (κ1) is 13.4. The molecular weight excluding hydrogens is 240 g/mol. The molecular formula is C15H26N2O2. The van der Waals surface area contributed by atoms with E-state index in [9.17, 15) is 4.79 Å². The Hall–Kier alpha value is -0.610. The van der Waals surface area contributed by atoms with Crippen LogP contribution in [0.2, 0.25) is 0 Å². The number of amides is 1. The molecule has 19 heavy (non-hydrogen) atoms. The lowest BCUT2D eigenvalue weighted by Gasteiger charge is -2.37. The summed E-state index contributed by atoms with van der Waals surface area (Å²) in [6.45, 7) is 5.88. The highest BCUT2D eigenvalue weighted by Gasteiger charge is 2.45. The van der Waals surface area contributed by atoms with Crippen LogP contribution in [0, 0.1) is 5.92 Å². The Bertz CT molecular complexity index is 333. The molecule has 3 aliphatic rings. The third-order valence-corrected chi connectivity index (χ3v) is 5.16. The van der Waals surface area contributed by atoms with Gasteiger partial charge in [0.1, 0.15) is 5.60 Å². The number of likely N-dealkylation sites (tertiary alicyclic amines) is 1. The van der Waals surface area contributed by atoms with E-state index in [1.54, 1.807) is 0 Å². The summed E-state index contributed by atoms with van der Waals surface area (Å²) in [4.78, 5) is 15.0. The van der Waals surface area contributed by atoms with Crippen LogP contribution in [-0.2, 0) is 9.53 Å². The van der Waals surface area contributed by atoms with Crippen LogP contribution >= 0.6 is 0 Å².